The third kappa shape index (κ3) is 3.83. The van der Waals surface area contributed by atoms with E-state index in [4.69, 9.17) is 0 Å². The lowest BCUT2D eigenvalue weighted by molar-refractivity contribution is -0.141. The number of amides is 1. The van der Waals surface area contributed by atoms with Crippen LogP contribution in [0.4, 0.5) is 22.0 Å². The molecule has 0 bridgehead atoms. The van der Waals surface area contributed by atoms with E-state index in [2.05, 4.69) is 10.1 Å². The molecule has 4 atom stereocenters. The average molecular weight is 445 g/mol. The van der Waals surface area contributed by atoms with Crippen LogP contribution >= 0.6 is 0 Å². The Bertz CT molecular complexity index is 1040. The highest BCUT2D eigenvalue weighted by molar-refractivity contribution is 5.81. The molecule has 12 heteroatoms. The molecule has 2 aromatic heterocycles. The normalized spacial score (nSPS) is 24.8. The summed E-state index contributed by atoms with van der Waals surface area (Å²) in [6.45, 7) is 0.736. The second kappa shape index (κ2) is 7.72. The molecule has 2 aliphatic heterocycles. The lowest BCUT2D eigenvalue weighted by Crippen LogP contribution is -2.42. The zero-order valence-electron chi connectivity index (χ0n) is 16.5. The van der Waals surface area contributed by atoms with Crippen molar-refractivity contribution < 1.29 is 26.7 Å². The summed E-state index contributed by atoms with van der Waals surface area (Å²) in [5, 5.41) is 4.23. The topological polar surface area (TPSA) is 73.0 Å². The number of aryl methyl sites for hydroxylation is 1. The van der Waals surface area contributed by atoms with E-state index in [0.29, 0.717) is 25.1 Å². The summed E-state index contributed by atoms with van der Waals surface area (Å²) >= 11 is 0. The number of carbonyl (C=O) groups is 1. The van der Waals surface area contributed by atoms with Crippen molar-refractivity contribution in [3.63, 3.8) is 0 Å². The van der Waals surface area contributed by atoms with Crippen molar-refractivity contribution in [3.8, 4) is 0 Å². The van der Waals surface area contributed by atoms with Gasteiger partial charge in [-0.3, -0.25) is 9.36 Å². The predicted octanol–water partition coefficient (Wildman–Crippen LogP) is 2.46. The minimum atomic E-state index is -4.63. The molecule has 0 radical (unpaired) electrons. The van der Waals surface area contributed by atoms with Gasteiger partial charge in [-0.1, -0.05) is 6.07 Å². The largest absolute Gasteiger partial charge is 0.433 e. The molecule has 2 aliphatic rings. The maximum Gasteiger partial charge on any atom is 0.433 e. The second-order valence-corrected chi connectivity index (χ2v) is 7.82. The van der Waals surface area contributed by atoms with Gasteiger partial charge in [-0.05, 0) is 31.9 Å². The van der Waals surface area contributed by atoms with E-state index in [1.807, 2.05) is 0 Å². The fourth-order valence-corrected chi connectivity index (χ4v) is 4.07. The Hall–Kier alpha value is -2.79. The third-order valence-electron chi connectivity index (χ3n) is 5.73. The fourth-order valence-electron chi connectivity index (χ4n) is 4.07. The molecule has 1 amide bonds. The van der Waals surface area contributed by atoms with Crippen molar-refractivity contribution in [1.82, 2.24) is 24.2 Å². The summed E-state index contributed by atoms with van der Waals surface area (Å²) in [7, 11) is 0. The zero-order valence-corrected chi connectivity index (χ0v) is 16.5. The van der Waals surface area contributed by atoms with E-state index < -0.39 is 47.9 Å². The third-order valence-corrected chi connectivity index (χ3v) is 5.73. The van der Waals surface area contributed by atoms with Crippen molar-refractivity contribution in [2.45, 2.75) is 56.8 Å². The Balaban J connectivity index is 1.66. The first-order valence-electron chi connectivity index (χ1n) is 9.89. The van der Waals surface area contributed by atoms with Crippen molar-refractivity contribution in [1.29, 1.82) is 0 Å². The van der Waals surface area contributed by atoms with Crippen LogP contribution in [0.25, 0.3) is 0 Å². The molecular weight excluding hydrogens is 425 g/mol. The lowest BCUT2D eigenvalue weighted by Gasteiger charge is -2.26. The number of nitrogens with zero attached hydrogens (tertiary/aromatic N) is 5. The Morgan fingerprint density at radius 2 is 1.87 bits per heavy atom. The first kappa shape index (κ1) is 21.4. The van der Waals surface area contributed by atoms with Gasteiger partial charge in [0.15, 0.2) is 12.3 Å². The number of alkyl halides is 5. The minimum Gasteiger partial charge on any atom is -0.335 e. The predicted molar refractivity (Wildman–Crippen MR) is 97.9 cm³/mol. The van der Waals surface area contributed by atoms with Crippen molar-refractivity contribution in [3.05, 3.63) is 45.9 Å². The van der Waals surface area contributed by atoms with Crippen LogP contribution in [0.2, 0.25) is 0 Å². The number of rotatable bonds is 3. The molecule has 4 heterocycles. The van der Waals surface area contributed by atoms with E-state index >= 15 is 0 Å². The van der Waals surface area contributed by atoms with E-state index in [1.165, 1.54) is 23.6 Å². The van der Waals surface area contributed by atoms with Crippen molar-refractivity contribution in [2.24, 2.45) is 0 Å². The van der Waals surface area contributed by atoms with Gasteiger partial charge in [0.2, 0.25) is 5.91 Å². The Kier molecular flexibility index (Phi) is 5.34. The minimum absolute atomic E-state index is 0.00432. The highest BCUT2D eigenvalue weighted by Crippen LogP contribution is 2.30. The molecule has 2 aromatic rings. The Labute approximate surface area is 173 Å². The van der Waals surface area contributed by atoms with Crippen LogP contribution < -0.4 is 5.69 Å². The number of hydrogen-bond acceptors (Lipinski definition) is 4. The van der Waals surface area contributed by atoms with Gasteiger partial charge in [-0.15, -0.1) is 0 Å². The van der Waals surface area contributed by atoms with Gasteiger partial charge in [0.25, 0.3) is 0 Å². The number of halogens is 5. The molecule has 1 saturated heterocycles. The number of carbonyl (C=O) groups excluding carboxylic acids is 1. The average Bonchev–Trinajstić information content (AvgIpc) is 3.25. The van der Waals surface area contributed by atoms with Crippen LogP contribution in [0.3, 0.4) is 0 Å². The summed E-state index contributed by atoms with van der Waals surface area (Å²) < 4.78 is 68.3. The molecule has 1 unspecified atom stereocenters. The first-order valence-corrected chi connectivity index (χ1v) is 9.89. The molecule has 0 N–H and O–H groups in total. The number of fused-ring (bicyclic) bond motifs is 1. The number of likely N-dealkylation sites (tertiary alicyclic amines) is 1. The molecule has 4 rings (SSSR count). The molecule has 7 nitrogen and oxygen atoms in total. The molecule has 0 spiro atoms. The Morgan fingerprint density at radius 1 is 1.19 bits per heavy atom. The van der Waals surface area contributed by atoms with Crippen LogP contribution in [0.5, 0.6) is 0 Å². The molecule has 0 aromatic carbocycles. The van der Waals surface area contributed by atoms with Crippen LogP contribution in [0, 0.1) is 0 Å². The molecular formula is C19H20F5N5O2. The maximum absolute atomic E-state index is 13.5. The monoisotopic (exact) mass is 445 g/mol. The standard InChI is InChI=1S/C19H20F5N5O2/c1-10(13-4-2-6-15(25-13)19(22,23)24)29-18(31)28-14(5-3-7-16(28)26-29)17(30)27-8-11(20)12(21)9-27/h2,4,6,10-12,14H,3,5,7-9H2,1H3/t10?,11-,12+,14-/m0/s1. The second-order valence-electron chi connectivity index (χ2n) is 7.82. The van der Waals surface area contributed by atoms with Gasteiger partial charge in [0.1, 0.15) is 17.6 Å². The highest BCUT2D eigenvalue weighted by atomic mass is 19.4. The lowest BCUT2D eigenvalue weighted by atomic mass is 10.0. The van der Waals surface area contributed by atoms with E-state index in [1.54, 1.807) is 0 Å². The number of hydrogen-bond donors (Lipinski definition) is 0. The molecule has 1 fully saturated rings. The number of aromatic nitrogens is 4. The molecule has 0 aliphatic carbocycles. The molecule has 0 saturated carbocycles. The highest BCUT2D eigenvalue weighted by Gasteiger charge is 2.41. The van der Waals surface area contributed by atoms with Gasteiger partial charge >= 0.3 is 11.9 Å². The van der Waals surface area contributed by atoms with Gasteiger partial charge in [0.05, 0.1) is 24.8 Å². The summed E-state index contributed by atoms with van der Waals surface area (Å²) in [5.41, 5.74) is -1.76. The first-order chi connectivity index (χ1) is 14.6. The zero-order chi connectivity index (χ0) is 22.5. The van der Waals surface area contributed by atoms with E-state index in [9.17, 15) is 31.5 Å². The summed E-state index contributed by atoms with van der Waals surface area (Å²) in [6, 6.07) is 1.52. The quantitative estimate of drug-likeness (QED) is 0.681. The van der Waals surface area contributed by atoms with Gasteiger partial charge in [-0.2, -0.15) is 18.3 Å². The summed E-state index contributed by atoms with van der Waals surface area (Å²) in [4.78, 5) is 30.6. The summed E-state index contributed by atoms with van der Waals surface area (Å²) in [6.07, 6.45) is -6.93. The van der Waals surface area contributed by atoms with Gasteiger partial charge in [-0.25, -0.2) is 23.2 Å². The van der Waals surface area contributed by atoms with Crippen LogP contribution in [0.15, 0.2) is 23.0 Å². The van der Waals surface area contributed by atoms with Crippen LogP contribution in [-0.4, -0.2) is 55.6 Å². The van der Waals surface area contributed by atoms with Gasteiger partial charge in [0, 0.05) is 6.42 Å². The smallest absolute Gasteiger partial charge is 0.335 e. The van der Waals surface area contributed by atoms with E-state index in [0.717, 1.165) is 15.6 Å². The van der Waals surface area contributed by atoms with Crippen molar-refractivity contribution >= 4 is 5.91 Å². The Morgan fingerprint density at radius 3 is 2.52 bits per heavy atom. The van der Waals surface area contributed by atoms with Gasteiger partial charge < -0.3 is 4.90 Å². The fraction of sp³-hybridized carbons (Fsp3) is 0.579. The number of pyridine rings is 1. The SMILES string of the molecule is CC(c1cccc(C(F)(F)F)n1)n1nc2n(c1=O)[C@H](C(=O)N1C[C@@H](F)[C@@H](F)C1)CCC2. The molecule has 31 heavy (non-hydrogen) atoms. The van der Waals surface area contributed by atoms with Crippen LogP contribution in [0.1, 0.15) is 49.1 Å². The van der Waals surface area contributed by atoms with Crippen LogP contribution in [-0.2, 0) is 17.4 Å². The molecule has 168 valence electrons. The van der Waals surface area contributed by atoms with E-state index in [-0.39, 0.29) is 18.8 Å². The van der Waals surface area contributed by atoms with Crippen molar-refractivity contribution in [2.75, 3.05) is 13.1 Å². The maximum atomic E-state index is 13.5. The summed E-state index contributed by atoms with van der Waals surface area (Å²) in [5.74, 6) is -0.253.